The molecule has 0 aliphatic carbocycles. The van der Waals surface area contributed by atoms with Crippen molar-refractivity contribution < 1.29 is 9.84 Å². The van der Waals surface area contributed by atoms with Crippen molar-refractivity contribution in [2.75, 3.05) is 6.61 Å². The maximum absolute atomic E-state index is 9.08. The number of rotatable bonds is 4. The van der Waals surface area contributed by atoms with Gasteiger partial charge in [-0.05, 0) is 42.7 Å². The summed E-state index contributed by atoms with van der Waals surface area (Å²) in [5, 5.41) is 17.9. The first-order valence-electron chi connectivity index (χ1n) is 6.12. The number of para-hydroxylation sites is 1. The fraction of sp³-hybridized carbons (Fsp3) is 0.188. The Morgan fingerprint density at radius 3 is 2.53 bits per heavy atom. The molecule has 0 saturated carbocycles. The summed E-state index contributed by atoms with van der Waals surface area (Å²) in [6.45, 7) is 2.05. The highest BCUT2D eigenvalue weighted by Gasteiger charge is 2.07. The molecule has 0 saturated heterocycles. The summed E-state index contributed by atoms with van der Waals surface area (Å²) in [5.74, 6) is 1.28. The third-order valence-corrected chi connectivity index (χ3v) is 2.88. The van der Waals surface area contributed by atoms with E-state index < -0.39 is 0 Å². The van der Waals surface area contributed by atoms with E-state index in [0.29, 0.717) is 23.5 Å². The molecule has 0 aliphatic rings. The molecule has 2 aromatic carbocycles. The van der Waals surface area contributed by atoms with Crippen molar-refractivity contribution in [3.63, 3.8) is 0 Å². The standard InChI is InChI=1S/C16H15NO2/c1-12-3-2-4-14(11-17)16(12)19-15-7-5-13(6-8-15)9-10-18/h2-8,18H,9-10H2,1H3. The summed E-state index contributed by atoms with van der Waals surface area (Å²) >= 11 is 0. The molecule has 0 radical (unpaired) electrons. The maximum Gasteiger partial charge on any atom is 0.148 e. The molecule has 0 heterocycles. The fourth-order valence-electron chi connectivity index (χ4n) is 1.85. The minimum absolute atomic E-state index is 0.135. The molecule has 0 aliphatic heterocycles. The predicted octanol–water partition coefficient (Wildman–Crippen LogP) is 3.19. The Balaban J connectivity index is 2.24. The second kappa shape index (κ2) is 6.03. The van der Waals surface area contributed by atoms with Gasteiger partial charge in [0.05, 0.1) is 5.56 Å². The van der Waals surface area contributed by atoms with E-state index in [1.165, 1.54) is 0 Å². The quantitative estimate of drug-likeness (QED) is 0.910. The Labute approximate surface area is 112 Å². The molecule has 0 aromatic heterocycles. The molecular weight excluding hydrogens is 238 g/mol. The van der Waals surface area contributed by atoms with E-state index in [-0.39, 0.29) is 6.61 Å². The number of aliphatic hydroxyl groups excluding tert-OH is 1. The molecule has 0 spiro atoms. The molecule has 3 heteroatoms. The molecule has 0 fully saturated rings. The van der Waals surface area contributed by atoms with E-state index >= 15 is 0 Å². The van der Waals surface area contributed by atoms with Gasteiger partial charge in [0.2, 0.25) is 0 Å². The van der Waals surface area contributed by atoms with Crippen LogP contribution in [0, 0.1) is 18.3 Å². The Morgan fingerprint density at radius 1 is 1.16 bits per heavy atom. The lowest BCUT2D eigenvalue weighted by molar-refractivity contribution is 0.299. The third kappa shape index (κ3) is 3.12. The van der Waals surface area contributed by atoms with Crippen LogP contribution in [0.3, 0.4) is 0 Å². The zero-order valence-electron chi connectivity index (χ0n) is 10.8. The number of hydrogen-bond acceptors (Lipinski definition) is 3. The van der Waals surface area contributed by atoms with Crippen molar-refractivity contribution in [3.05, 3.63) is 59.2 Å². The summed E-state index contributed by atoms with van der Waals surface area (Å²) in [6.07, 6.45) is 0.633. The van der Waals surface area contributed by atoms with Crippen molar-refractivity contribution in [1.29, 1.82) is 5.26 Å². The van der Waals surface area contributed by atoms with E-state index in [0.717, 1.165) is 11.1 Å². The van der Waals surface area contributed by atoms with E-state index in [1.54, 1.807) is 6.07 Å². The van der Waals surface area contributed by atoms with Crippen LogP contribution in [-0.4, -0.2) is 11.7 Å². The number of ether oxygens (including phenoxy) is 1. The van der Waals surface area contributed by atoms with Gasteiger partial charge in [0.25, 0.3) is 0 Å². The van der Waals surface area contributed by atoms with Crippen LogP contribution in [0.1, 0.15) is 16.7 Å². The van der Waals surface area contributed by atoms with Gasteiger partial charge in [-0.15, -0.1) is 0 Å². The molecule has 19 heavy (non-hydrogen) atoms. The van der Waals surface area contributed by atoms with Gasteiger partial charge in [0.1, 0.15) is 17.6 Å². The van der Waals surface area contributed by atoms with Crippen molar-refractivity contribution in [1.82, 2.24) is 0 Å². The molecule has 1 N–H and O–H groups in total. The van der Waals surface area contributed by atoms with Gasteiger partial charge in [0.15, 0.2) is 0 Å². The zero-order chi connectivity index (χ0) is 13.7. The summed E-state index contributed by atoms with van der Waals surface area (Å²) in [4.78, 5) is 0. The van der Waals surface area contributed by atoms with Crippen molar-refractivity contribution in [2.24, 2.45) is 0 Å². The van der Waals surface area contributed by atoms with E-state index in [9.17, 15) is 0 Å². The highest BCUT2D eigenvalue weighted by atomic mass is 16.5. The smallest absolute Gasteiger partial charge is 0.148 e. The van der Waals surface area contributed by atoms with Crippen molar-refractivity contribution >= 4 is 0 Å². The first-order valence-corrected chi connectivity index (χ1v) is 6.12. The lowest BCUT2D eigenvalue weighted by atomic mass is 10.1. The summed E-state index contributed by atoms with van der Waals surface area (Å²) < 4.78 is 5.78. The Hall–Kier alpha value is -2.31. The SMILES string of the molecule is Cc1cccc(C#N)c1Oc1ccc(CCO)cc1. The largest absolute Gasteiger partial charge is 0.456 e. The zero-order valence-corrected chi connectivity index (χ0v) is 10.8. The van der Waals surface area contributed by atoms with Crippen molar-refractivity contribution in [3.8, 4) is 17.6 Å². The van der Waals surface area contributed by atoms with Gasteiger partial charge in [-0.2, -0.15) is 5.26 Å². The molecule has 0 bridgehead atoms. The number of aliphatic hydroxyl groups is 1. The highest BCUT2D eigenvalue weighted by molar-refractivity contribution is 5.50. The molecular formula is C16H15NO2. The Bertz CT molecular complexity index is 597. The van der Waals surface area contributed by atoms with Crippen LogP contribution in [0.4, 0.5) is 0 Å². The van der Waals surface area contributed by atoms with E-state index in [1.807, 2.05) is 43.3 Å². The predicted molar refractivity (Wildman–Crippen MR) is 73.2 cm³/mol. The fourth-order valence-corrected chi connectivity index (χ4v) is 1.85. The molecule has 0 amide bonds. The van der Waals surface area contributed by atoms with Crippen LogP contribution in [0.25, 0.3) is 0 Å². The van der Waals surface area contributed by atoms with E-state index in [2.05, 4.69) is 6.07 Å². The van der Waals surface area contributed by atoms with Crippen LogP contribution in [0.15, 0.2) is 42.5 Å². The van der Waals surface area contributed by atoms with Gasteiger partial charge in [-0.25, -0.2) is 0 Å². The monoisotopic (exact) mass is 253 g/mol. The number of benzene rings is 2. The van der Waals surface area contributed by atoms with Gasteiger partial charge in [-0.3, -0.25) is 0 Å². The summed E-state index contributed by atoms with van der Waals surface area (Å²) in [6, 6.07) is 15.1. The average Bonchev–Trinajstić information content (AvgIpc) is 2.43. The van der Waals surface area contributed by atoms with Gasteiger partial charge in [-0.1, -0.05) is 24.3 Å². The van der Waals surface area contributed by atoms with Crippen LogP contribution in [0.5, 0.6) is 11.5 Å². The average molecular weight is 253 g/mol. The lowest BCUT2D eigenvalue weighted by Crippen LogP contribution is -1.93. The second-order valence-corrected chi connectivity index (χ2v) is 4.28. The van der Waals surface area contributed by atoms with Gasteiger partial charge >= 0.3 is 0 Å². The van der Waals surface area contributed by atoms with Crippen LogP contribution in [-0.2, 0) is 6.42 Å². The van der Waals surface area contributed by atoms with Crippen LogP contribution in [0.2, 0.25) is 0 Å². The highest BCUT2D eigenvalue weighted by Crippen LogP contribution is 2.28. The summed E-state index contributed by atoms with van der Waals surface area (Å²) in [5.41, 5.74) is 2.51. The number of hydrogen-bond donors (Lipinski definition) is 1. The lowest BCUT2D eigenvalue weighted by Gasteiger charge is -2.10. The topological polar surface area (TPSA) is 53.2 Å². The molecule has 2 rings (SSSR count). The number of aryl methyl sites for hydroxylation is 1. The molecule has 0 unspecified atom stereocenters. The molecule has 2 aromatic rings. The number of nitriles is 1. The second-order valence-electron chi connectivity index (χ2n) is 4.28. The number of nitrogens with zero attached hydrogens (tertiary/aromatic N) is 1. The minimum atomic E-state index is 0.135. The van der Waals surface area contributed by atoms with Gasteiger partial charge < -0.3 is 9.84 Å². The van der Waals surface area contributed by atoms with Crippen LogP contribution >= 0.6 is 0 Å². The molecule has 96 valence electrons. The maximum atomic E-state index is 9.08. The van der Waals surface area contributed by atoms with E-state index in [4.69, 9.17) is 15.1 Å². The molecule has 3 nitrogen and oxygen atoms in total. The minimum Gasteiger partial charge on any atom is -0.456 e. The van der Waals surface area contributed by atoms with Crippen LogP contribution < -0.4 is 4.74 Å². The third-order valence-electron chi connectivity index (χ3n) is 2.88. The first-order chi connectivity index (χ1) is 9.24. The van der Waals surface area contributed by atoms with Gasteiger partial charge in [0, 0.05) is 6.61 Å². The Kier molecular flexibility index (Phi) is 4.17. The molecule has 0 atom stereocenters. The first kappa shape index (κ1) is 13.1. The Morgan fingerprint density at radius 2 is 1.89 bits per heavy atom. The summed E-state index contributed by atoms with van der Waals surface area (Å²) in [7, 11) is 0. The normalized spacial score (nSPS) is 9.95. The van der Waals surface area contributed by atoms with Crippen molar-refractivity contribution in [2.45, 2.75) is 13.3 Å².